The highest BCUT2D eigenvalue weighted by Crippen LogP contribution is 2.24. The maximum atomic E-state index is 13.3. The number of hydrogen-bond acceptors (Lipinski definition) is 5. The molecular formula is C12H9BrClFN4O2. The summed E-state index contributed by atoms with van der Waals surface area (Å²) in [6.07, 6.45) is 0. The number of methoxy groups -OCH3 is 1. The largest absolute Gasteiger partial charge is 0.481 e. The number of nitrogen functional groups attached to an aromatic ring is 1. The van der Waals surface area contributed by atoms with Crippen LogP contribution < -0.4 is 15.8 Å². The van der Waals surface area contributed by atoms with Crippen molar-refractivity contribution in [2.24, 2.45) is 0 Å². The first-order valence-electron chi connectivity index (χ1n) is 5.55. The Hall–Kier alpha value is -1.93. The molecular weight excluding hydrogens is 367 g/mol. The number of hydrogen-bond donors (Lipinski definition) is 2. The summed E-state index contributed by atoms with van der Waals surface area (Å²) < 4.78 is 18.4. The molecule has 0 bridgehead atoms. The predicted molar refractivity (Wildman–Crippen MR) is 80.1 cm³/mol. The third kappa shape index (κ3) is 3.59. The lowest BCUT2D eigenvalue weighted by Gasteiger charge is -2.08. The van der Waals surface area contributed by atoms with Crippen LogP contribution in [-0.4, -0.2) is 23.0 Å². The van der Waals surface area contributed by atoms with E-state index in [0.29, 0.717) is 0 Å². The zero-order valence-electron chi connectivity index (χ0n) is 10.7. The number of carbonyl (C=O) groups is 1. The first-order chi connectivity index (χ1) is 9.90. The summed E-state index contributed by atoms with van der Waals surface area (Å²) >= 11 is 8.86. The second kappa shape index (κ2) is 6.23. The van der Waals surface area contributed by atoms with Crippen LogP contribution in [0.15, 0.2) is 22.7 Å². The van der Waals surface area contributed by atoms with Gasteiger partial charge in [-0.15, -0.1) is 0 Å². The minimum absolute atomic E-state index is 0.0425. The SMILES string of the molecule is COc1cc(Cl)nc(NC(=O)c2cc(N)c(F)cc2Br)n1. The summed E-state index contributed by atoms with van der Waals surface area (Å²) in [6, 6.07) is 3.70. The Balaban J connectivity index is 2.30. The number of ether oxygens (including phenoxy) is 1. The Bertz CT molecular complexity index is 714. The lowest BCUT2D eigenvalue weighted by Crippen LogP contribution is -2.15. The summed E-state index contributed by atoms with van der Waals surface area (Å²) in [4.78, 5) is 19.9. The number of nitrogens with two attached hydrogens (primary N) is 1. The van der Waals surface area contributed by atoms with E-state index in [4.69, 9.17) is 22.1 Å². The van der Waals surface area contributed by atoms with Crippen LogP contribution >= 0.6 is 27.5 Å². The normalized spacial score (nSPS) is 10.3. The van der Waals surface area contributed by atoms with Crippen LogP contribution in [0.1, 0.15) is 10.4 Å². The molecule has 0 saturated carbocycles. The maximum absolute atomic E-state index is 13.3. The van der Waals surface area contributed by atoms with Gasteiger partial charge in [0.2, 0.25) is 11.8 Å². The van der Waals surface area contributed by atoms with Crippen LogP contribution in [0.25, 0.3) is 0 Å². The molecule has 1 amide bonds. The smallest absolute Gasteiger partial charge is 0.259 e. The van der Waals surface area contributed by atoms with Crippen molar-refractivity contribution in [2.45, 2.75) is 0 Å². The Kier molecular flexibility index (Phi) is 4.59. The fraction of sp³-hybridized carbons (Fsp3) is 0.0833. The number of amides is 1. The zero-order valence-corrected chi connectivity index (χ0v) is 13.0. The second-order valence-corrected chi connectivity index (χ2v) is 5.11. The van der Waals surface area contributed by atoms with Gasteiger partial charge >= 0.3 is 0 Å². The van der Waals surface area contributed by atoms with E-state index in [0.717, 1.165) is 6.07 Å². The van der Waals surface area contributed by atoms with Crippen molar-refractivity contribution < 1.29 is 13.9 Å². The van der Waals surface area contributed by atoms with Gasteiger partial charge in [0.15, 0.2) is 0 Å². The van der Waals surface area contributed by atoms with Gasteiger partial charge in [0.05, 0.1) is 18.4 Å². The number of nitrogens with one attached hydrogen (secondary N) is 1. The van der Waals surface area contributed by atoms with E-state index >= 15 is 0 Å². The molecule has 1 heterocycles. The summed E-state index contributed by atoms with van der Waals surface area (Å²) in [6.45, 7) is 0. The number of anilines is 2. The van der Waals surface area contributed by atoms with Crippen molar-refractivity contribution in [1.82, 2.24) is 9.97 Å². The van der Waals surface area contributed by atoms with Gasteiger partial charge in [0.25, 0.3) is 5.91 Å². The molecule has 0 aliphatic heterocycles. The quantitative estimate of drug-likeness (QED) is 0.636. The van der Waals surface area contributed by atoms with Gasteiger partial charge in [0, 0.05) is 10.5 Å². The minimum Gasteiger partial charge on any atom is -0.481 e. The van der Waals surface area contributed by atoms with Crippen molar-refractivity contribution in [3.63, 3.8) is 0 Å². The molecule has 0 unspecified atom stereocenters. The average molecular weight is 376 g/mol. The van der Waals surface area contributed by atoms with Gasteiger partial charge in [-0.1, -0.05) is 11.6 Å². The van der Waals surface area contributed by atoms with E-state index < -0.39 is 11.7 Å². The molecule has 0 spiro atoms. The van der Waals surface area contributed by atoms with Crippen molar-refractivity contribution in [3.8, 4) is 5.88 Å². The Morgan fingerprint density at radius 2 is 2.14 bits per heavy atom. The Morgan fingerprint density at radius 3 is 2.81 bits per heavy atom. The predicted octanol–water partition coefficient (Wildman–Crippen LogP) is 2.87. The first-order valence-corrected chi connectivity index (χ1v) is 6.72. The third-order valence-corrected chi connectivity index (χ3v) is 3.29. The number of nitrogens with zero attached hydrogens (tertiary/aromatic N) is 2. The average Bonchev–Trinajstić information content (AvgIpc) is 2.42. The lowest BCUT2D eigenvalue weighted by atomic mass is 10.2. The third-order valence-electron chi connectivity index (χ3n) is 2.44. The van der Waals surface area contributed by atoms with Gasteiger partial charge in [-0.2, -0.15) is 4.98 Å². The van der Waals surface area contributed by atoms with E-state index in [9.17, 15) is 9.18 Å². The fourth-order valence-corrected chi connectivity index (χ4v) is 2.13. The standard InChI is InChI=1S/C12H9BrClFN4O2/c1-21-10-4-9(14)17-12(18-10)19-11(20)5-2-8(16)7(15)3-6(5)13/h2-4H,16H2,1H3,(H,17,18,19,20). The topological polar surface area (TPSA) is 90.1 Å². The van der Waals surface area contributed by atoms with Crippen LogP contribution in [0.2, 0.25) is 5.15 Å². The zero-order chi connectivity index (χ0) is 15.6. The number of rotatable bonds is 3. The van der Waals surface area contributed by atoms with Gasteiger partial charge in [-0.25, -0.2) is 9.37 Å². The number of aromatic nitrogens is 2. The van der Waals surface area contributed by atoms with Crippen molar-refractivity contribution in [2.75, 3.05) is 18.2 Å². The van der Waals surface area contributed by atoms with Crippen LogP contribution in [0, 0.1) is 5.82 Å². The van der Waals surface area contributed by atoms with E-state index in [1.165, 1.54) is 19.2 Å². The molecule has 0 aliphatic carbocycles. The minimum atomic E-state index is -0.626. The van der Waals surface area contributed by atoms with Crippen LogP contribution in [-0.2, 0) is 0 Å². The van der Waals surface area contributed by atoms with Gasteiger partial charge in [-0.3, -0.25) is 10.1 Å². The molecule has 0 aliphatic rings. The van der Waals surface area contributed by atoms with Crippen LogP contribution in [0.3, 0.4) is 0 Å². The molecule has 110 valence electrons. The fourth-order valence-electron chi connectivity index (χ4n) is 1.47. The number of halogens is 3. The Morgan fingerprint density at radius 1 is 1.43 bits per heavy atom. The van der Waals surface area contributed by atoms with Crippen molar-refractivity contribution >= 4 is 45.1 Å². The van der Waals surface area contributed by atoms with Gasteiger partial charge in [0.1, 0.15) is 11.0 Å². The van der Waals surface area contributed by atoms with E-state index in [2.05, 4.69) is 31.2 Å². The lowest BCUT2D eigenvalue weighted by molar-refractivity contribution is 0.102. The molecule has 3 N–H and O–H groups in total. The van der Waals surface area contributed by atoms with E-state index in [1.807, 2.05) is 0 Å². The molecule has 6 nitrogen and oxygen atoms in total. The van der Waals surface area contributed by atoms with Gasteiger partial charge in [-0.05, 0) is 28.1 Å². The molecule has 0 atom stereocenters. The van der Waals surface area contributed by atoms with Crippen molar-refractivity contribution in [1.29, 1.82) is 0 Å². The van der Waals surface area contributed by atoms with Gasteiger partial charge < -0.3 is 10.5 Å². The molecule has 2 aromatic rings. The summed E-state index contributed by atoms with van der Waals surface area (Å²) in [5.74, 6) is -1.04. The number of carbonyl (C=O) groups excluding carboxylic acids is 1. The molecule has 0 saturated heterocycles. The van der Waals surface area contributed by atoms with Crippen LogP contribution in [0.5, 0.6) is 5.88 Å². The molecule has 1 aromatic heterocycles. The molecule has 2 rings (SSSR count). The summed E-state index contributed by atoms with van der Waals surface area (Å²) in [7, 11) is 1.40. The van der Waals surface area contributed by atoms with E-state index in [-0.39, 0.29) is 32.7 Å². The second-order valence-electron chi connectivity index (χ2n) is 3.86. The molecule has 1 aromatic carbocycles. The summed E-state index contributed by atoms with van der Waals surface area (Å²) in [5.41, 5.74) is 5.43. The highest BCUT2D eigenvalue weighted by atomic mass is 79.9. The highest BCUT2D eigenvalue weighted by Gasteiger charge is 2.15. The van der Waals surface area contributed by atoms with Crippen molar-refractivity contribution in [3.05, 3.63) is 39.2 Å². The molecule has 0 radical (unpaired) electrons. The molecule has 0 fully saturated rings. The highest BCUT2D eigenvalue weighted by molar-refractivity contribution is 9.10. The maximum Gasteiger partial charge on any atom is 0.259 e. The monoisotopic (exact) mass is 374 g/mol. The van der Waals surface area contributed by atoms with Crippen LogP contribution in [0.4, 0.5) is 16.0 Å². The Labute approximate surface area is 132 Å². The molecule has 21 heavy (non-hydrogen) atoms. The van der Waals surface area contributed by atoms with E-state index in [1.54, 1.807) is 0 Å². The molecule has 9 heteroatoms. The number of benzene rings is 1. The summed E-state index contributed by atoms with van der Waals surface area (Å²) in [5, 5.41) is 2.53. The first kappa shape index (κ1) is 15.5.